The number of thiophene rings is 1. The summed E-state index contributed by atoms with van der Waals surface area (Å²) >= 11 is 14.7. The van der Waals surface area contributed by atoms with E-state index in [0.717, 1.165) is 10.4 Å². The first-order valence-corrected chi connectivity index (χ1v) is 13.0. The summed E-state index contributed by atoms with van der Waals surface area (Å²) in [4.78, 5) is 25.9. The zero-order valence-corrected chi connectivity index (χ0v) is 22.3. The summed E-state index contributed by atoms with van der Waals surface area (Å²) in [5, 5.41) is 13.2. The molecule has 0 aliphatic carbocycles. The monoisotopic (exact) mass is 542 g/mol. The molecule has 0 aliphatic heterocycles. The van der Waals surface area contributed by atoms with Gasteiger partial charge in [-0.15, -0.1) is 21.5 Å². The van der Waals surface area contributed by atoms with Crippen molar-refractivity contribution < 1.29 is 19.1 Å². The molecule has 3 rings (SSSR count). The SMILES string of the molecule is CCOC(=O)c1c(NC(=O)CSc2nnc(COc3ccc(Cl)cc3Cl)n2CC)sc(C)c1C. The van der Waals surface area contributed by atoms with E-state index in [4.69, 9.17) is 32.7 Å². The van der Waals surface area contributed by atoms with E-state index in [0.29, 0.717) is 43.9 Å². The summed E-state index contributed by atoms with van der Waals surface area (Å²) in [6.07, 6.45) is 0. The van der Waals surface area contributed by atoms with Crippen molar-refractivity contribution in [2.24, 2.45) is 0 Å². The lowest BCUT2D eigenvalue weighted by atomic mass is 10.1. The normalized spacial score (nSPS) is 10.9. The van der Waals surface area contributed by atoms with E-state index in [1.807, 2.05) is 25.3 Å². The van der Waals surface area contributed by atoms with Gasteiger partial charge in [0.1, 0.15) is 17.4 Å². The van der Waals surface area contributed by atoms with Gasteiger partial charge >= 0.3 is 5.97 Å². The first kappa shape index (κ1) is 26.3. The summed E-state index contributed by atoms with van der Waals surface area (Å²) in [6.45, 7) is 8.46. The van der Waals surface area contributed by atoms with Crippen molar-refractivity contribution in [3.63, 3.8) is 0 Å². The Kier molecular flexibility index (Phi) is 9.24. The maximum atomic E-state index is 12.6. The summed E-state index contributed by atoms with van der Waals surface area (Å²) in [7, 11) is 0. The summed E-state index contributed by atoms with van der Waals surface area (Å²) in [5.74, 6) is 0.492. The van der Waals surface area contributed by atoms with Crippen molar-refractivity contribution >= 4 is 63.2 Å². The Morgan fingerprint density at radius 1 is 1.21 bits per heavy atom. The highest BCUT2D eigenvalue weighted by Crippen LogP contribution is 2.33. The van der Waals surface area contributed by atoms with Gasteiger partial charge in [0.25, 0.3) is 0 Å². The van der Waals surface area contributed by atoms with E-state index in [2.05, 4.69) is 15.5 Å². The van der Waals surface area contributed by atoms with E-state index in [9.17, 15) is 9.59 Å². The maximum absolute atomic E-state index is 12.6. The second-order valence-corrected chi connectivity index (χ2v) is 10.1. The first-order chi connectivity index (χ1) is 16.2. The van der Waals surface area contributed by atoms with Gasteiger partial charge in [-0.2, -0.15) is 0 Å². The molecule has 1 aromatic carbocycles. The molecular weight excluding hydrogens is 519 g/mol. The van der Waals surface area contributed by atoms with E-state index >= 15 is 0 Å². The van der Waals surface area contributed by atoms with Gasteiger partial charge in [-0.3, -0.25) is 4.79 Å². The molecule has 0 aliphatic rings. The van der Waals surface area contributed by atoms with Crippen LogP contribution in [0, 0.1) is 13.8 Å². The molecule has 3 aromatic rings. The molecule has 0 unspecified atom stereocenters. The molecule has 2 heterocycles. The number of aromatic nitrogens is 3. The quantitative estimate of drug-likeness (QED) is 0.256. The lowest BCUT2D eigenvalue weighted by Crippen LogP contribution is -2.17. The Morgan fingerprint density at radius 3 is 2.65 bits per heavy atom. The number of amides is 1. The molecule has 0 fully saturated rings. The minimum atomic E-state index is -0.441. The zero-order chi connectivity index (χ0) is 24.8. The Morgan fingerprint density at radius 2 is 1.97 bits per heavy atom. The largest absolute Gasteiger partial charge is 0.484 e. The number of carbonyl (C=O) groups is 2. The molecule has 34 heavy (non-hydrogen) atoms. The van der Waals surface area contributed by atoms with Crippen LogP contribution in [0.2, 0.25) is 10.0 Å². The number of thioether (sulfide) groups is 1. The number of benzene rings is 1. The van der Waals surface area contributed by atoms with Crippen molar-refractivity contribution in [1.29, 1.82) is 0 Å². The molecule has 182 valence electrons. The predicted octanol–water partition coefficient (Wildman–Crippen LogP) is 5.77. The average molecular weight is 543 g/mol. The predicted molar refractivity (Wildman–Crippen MR) is 136 cm³/mol. The number of nitrogens with zero attached hydrogens (tertiary/aromatic N) is 3. The Hall–Kier alpha value is -2.27. The van der Waals surface area contributed by atoms with Crippen LogP contribution in [0.15, 0.2) is 23.4 Å². The fourth-order valence-corrected chi connectivity index (χ4v) is 5.39. The molecule has 0 radical (unpaired) electrons. The van der Waals surface area contributed by atoms with Crippen molar-refractivity contribution in [3.05, 3.63) is 50.1 Å². The number of aryl methyl sites for hydroxylation is 1. The second kappa shape index (κ2) is 11.9. The summed E-state index contributed by atoms with van der Waals surface area (Å²) < 4.78 is 12.8. The highest BCUT2D eigenvalue weighted by Gasteiger charge is 2.22. The van der Waals surface area contributed by atoms with E-state index < -0.39 is 5.97 Å². The molecule has 12 heteroatoms. The number of hydrogen-bond donors (Lipinski definition) is 1. The Balaban J connectivity index is 1.64. The maximum Gasteiger partial charge on any atom is 0.341 e. The van der Waals surface area contributed by atoms with Crippen LogP contribution < -0.4 is 10.1 Å². The van der Waals surface area contributed by atoms with Crippen LogP contribution in [0.1, 0.15) is 40.5 Å². The summed E-state index contributed by atoms with van der Waals surface area (Å²) in [6, 6.07) is 4.99. The second-order valence-electron chi connectivity index (χ2n) is 7.05. The molecule has 2 aromatic heterocycles. The molecule has 1 N–H and O–H groups in total. The average Bonchev–Trinajstić information content (AvgIpc) is 3.31. The molecule has 8 nitrogen and oxygen atoms in total. The number of rotatable bonds is 10. The fourth-order valence-electron chi connectivity index (χ4n) is 3.04. The topological polar surface area (TPSA) is 95.3 Å². The highest BCUT2D eigenvalue weighted by atomic mass is 35.5. The Labute approximate surface area is 215 Å². The molecule has 1 amide bonds. The van der Waals surface area contributed by atoms with Crippen LogP contribution in [0.5, 0.6) is 5.75 Å². The van der Waals surface area contributed by atoms with Crippen molar-refractivity contribution in [1.82, 2.24) is 14.8 Å². The van der Waals surface area contributed by atoms with Crippen molar-refractivity contribution in [2.75, 3.05) is 17.7 Å². The fraction of sp³-hybridized carbons (Fsp3) is 0.364. The minimum absolute atomic E-state index is 0.0975. The van der Waals surface area contributed by atoms with E-state index in [1.165, 1.54) is 23.1 Å². The molecule has 0 spiro atoms. The van der Waals surface area contributed by atoms with Gasteiger partial charge in [0.15, 0.2) is 11.0 Å². The first-order valence-electron chi connectivity index (χ1n) is 10.4. The van der Waals surface area contributed by atoms with Crippen LogP contribution in [-0.4, -0.2) is 39.0 Å². The molecular formula is C22H24Cl2N4O4S2. The van der Waals surface area contributed by atoms with Gasteiger partial charge in [-0.25, -0.2) is 4.79 Å². The number of ether oxygens (including phenoxy) is 2. The van der Waals surface area contributed by atoms with E-state index in [-0.39, 0.29) is 24.9 Å². The third-order valence-corrected chi connectivity index (χ3v) is 7.43. The van der Waals surface area contributed by atoms with E-state index in [1.54, 1.807) is 25.1 Å². The number of hydrogen-bond acceptors (Lipinski definition) is 8. The molecule has 0 bridgehead atoms. The minimum Gasteiger partial charge on any atom is -0.484 e. The van der Waals surface area contributed by atoms with Gasteiger partial charge in [0.2, 0.25) is 5.91 Å². The van der Waals surface area contributed by atoms with Crippen LogP contribution in [-0.2, 0) is 22.7 Å². The number of nitrogens with one attached hydrogen (secondary N) is 1. The number of halogens is 2. The van der Waals surface area contributed by atoms with Gasteiger partial charge in [0.05, 0.1) is 22.9 Å². The van der Waals surface area contributed by atoms with Crippen molar-refractivity contribution in [3.8, 4) is 5.75 Å². The Bertz CT molecular complexity index is 1200. The smallest absolute Gasteiger partial charge is 0.341 e. The van der Waals surface area contributed by atoms with Crippen LogP contribution >= 0.6 is 46.3 Å². The van der Waals surface area contributed by atoms with Gasteiger partial charge in [-0.05, 0) is 51.5 Å². The van der Waals surface area contributed by atoms with Crippen LogP contribution in [0.4, 0.5) is 5.00 Å². The number of esters is 1. The molecule has 0 atom stereocenters. The van der Waals surface area contributed by atoms with Gasteiger partial charge in [0, 0.05) is 16.4 Å². The number of carbonyl (C=O) groups excluding carboxylic acids is 2. The van der Waals surface area contributed by atoms with Crippen LogP contribution in [0.3, 0.4) is 0 Å². The number of anilines is 1. The zero-order valence-electron chi connectivity index (χ0n) is 19.1. The highest BCUT2D eigenvalue weighted by molar-refractivity contribution is 7.99. The molecule has 0 saturated carbocycles. The summed E-state index contributed by atoms with van der Waals surface area (Å²) in [5.41, 5.74) is 1.21. The van der Waals surface area contributed by atoms with Crippen LogP contribution in [0.25, 0.3) is 0 Å². The van der Waals surface area contributed by atoms with Gasteiger partial charge < -0.3 is 19.4 Å². The standard InChI is InChI=1S/C22H24Cl2N4O4S2/c1-5-28-17(10-32-16-8-7-14(23)9-15(16)24)26-27-22(28)33-11-18(29)25-20-19(21(30)31-6-2)12(3)13(4)34-20/h7-9H,5-6,10-11H2,1-4H3,(H,25,29). The lowest BCUT2D eigenvalue weighted by Gasteiger charge is -2.10. The van der Waals surface area contributed by atoms with Crippen molar-refractivity contribution in [2.45, 2.75) is 46.0 Å². The van der Waals surface area contributed by atoms with Gasteiger partial charge in [-0.1, -0.05) is 35.0 Å². The third-order valence-electron chi connectivity index (χ3n) is 4.81. The lowest BCUT2D eigenvalue weighted by molar-refractivity contribution is -0.113. The molecule has 0 saturated heterocycles. The third kappa shape index (κ3) is 6.24.